The second-order valence-corrected chi connectivity index (χ2v) is 5.66. The summed E-state index contributed by atoms with van der Waals surface area (Å²) < 4.78 is 38.2. The number of hydrogen-bond donors (Lipinski definition) is 1. The lowest BCUT2D eigenvalue weighted by molar-refractivity contribution is -0.137. The Hall–Kier alpha value is -1.81. The highest BCUT2D eigenvalue weighted by atomic mass is 19.4. The smallest absolute Gasteiger partial charge is 0.321 e. The molecule has 1 nitrogen and oxygen atoms in total. The minimum atomic E-state index is -4.33. The van der Waals surface area contributed by atoms with Gasteiger partial charge in [0, 0.05) is 5.54 Å². The Morgan fingerprint density at radius 1 is 0.952 bits per heavy atom. The third kappa shape index (κ3) is 3.85. The molecule has 0 fully saturated rings. The summed E-state index contributed by atoms with van der Waals surface area (Å²) in [6, 6.07) is 13.1. The zero-order chi connectivity index (χ0) is 15.7. The molecule has 0 aliphatic rings. The van der Waals surface area contributed by atoms with Crippen LogP contribution in [0.15, 0.2) is 48.5 Å². The van der Waals surface area contributed by atoms with Crippen molar-refractivity contribution in [1.82, 2.24) is 0 Å². The van der Waals surface area contributed by atoms with Gasteiger partial charge in [-0.1, -0.05) is 48.0 Å². The Kier molecular flexibility index (Phi) is 4.10. The Bertz CT molecular complexity index is 613. The molecule has 112 valence electrons. The SMILES string of the molecule is Cc1ccc(C(C)(N)Cc2cccc(C(F)(F)F)c2)cc1. The van der Waals surface area contributed by atoms with Gasteiger partial charge in [-0.25, -0.2) is 0 Å². The van der Waals surface area contributed by atoms with Crippen molar-refractivity contribution in [2.45, 2.75) is 32.0 Å². The van der Waals surface area contributed by atoms with Crippen molar-refractivity contribution < 1.29 is 13.2 Å². The standard InChI is InChI=1S/C17H18F3N/c1-12-6-8-14(9-7-12)16(2,21)11-13-4-3-5-15(10-13)17(18,19)20/h3-10H,11,21H2,1-2H3. The monoisotopic (exact) mass is 293 g/mol. The van der Waals surface area contributed by atoms with E-state index in [2.05, 4.69) is 0 Å². The fourth-order valence-electron chi connectivity index (χ4n) is 2.32. The van der Waals surface area contributed by atoms with Crippen LogP contribution in [0.1, 0.15) is 29.2 Å². The molecule has 1 atom stereocenters. The number of rotatable bonds is 3. The van der Waals surface area contributed by atoms with Crippen LogP contribution in [0.4, 0.5) is 13.2 Å². The highest BCUT2D eigenvalue weighted by molar-refractivity contribution is 5.32. The van der Waals surface area contributed by atoms with Gasteiger partial charge in [0.2, 0.25) is 0 Å². The van der Waals surface area contributed by atoms with Crippen LogP contribution in [0.2, 0.25) is 0 Å². The van der Waals surface area contributed by atoms with Crippen LogP contribution >= 0.6 is 0 Å². The van der Waals surface area contributed by atoms with Gasteiger partial charge >= 0.3 is 6.18 Å². The van der Waals surface area contributed by atoms with Crippen molar-refractivity contribution in [3.8, 4) is 0 Å². The van der Waals surface area contributed by atoms with E-state index in [1.54, 1.807) is 6.07 Å². The van der Waals surface area contributed by atoms with Crippen LogP contribution < -0.4 is 5.73 Å². The third-order valence-electron chi connectivity index (χ3n) is 3.54. The van der Waals surface area contributed by atoms with Crippen molar-refractivity contribution in [1.29, 1.82) is 0 Å². The molecule has 2 aromatic carbocycles. The van der Waals surface area contributed by atoms with Crippen LogP contribution in [-0.2, 0) is 18.1 Å². The average Bonchev–Trinajstić information content (AvgIpc) is 2.38. The first-order valence-corrected chi connectivity index (χ1v) is 6.71. The van der Waals surface area contributed by atoms with Crippen LogP contribution in [0.5, 0.6) is 0 Å². The number of aryl methyl sites for hydroxylation is 1. The molecule has 0 saturated heterocycles. The molecule has 0 saturated carbocycles. The van der Waals surface area contributed by atoms with Gasteiger partial charge in [0.05, 0.1) is 5.56 Å². The summed E-state index contributed by atoms with van der Waals surface area (Å²) >= 11 is 0. The fourth-order valence-corrected chi connectivity index (χ4v) is 2.32. The minimum Gasteiger partial charge on any atom is -0.321 e. The van der Waals surface area contributed by atoms with Crippen molar-refractivity contribution in [2.24, 2.45) is 5.73 Å². The molecule has 21 heavy (non-hydrogen) atoms. The molecule has 2 aromatic rings. The highest BCUT2D eigenvalue weighted by Crippen LogP contribution is 2.31. The quantitative estimate of drug-likeness (QED) is 0.890. The van der Waals surface area contributed by atoms with Crippen molar-refractivity contribution in [2.75, 3.05) is 0 Å². The van der Waals surface area contributed by atoms with E-state index in [0.29, 0.717) is 12.0 Å². The normalized spacial score (nSPS) is 14.8. The van der Waals surface area contributed by atoms with Gasteiger partial charge in [-0.3, -0.25) is 0 Å². The van der Waals surface area contributed by atoms with Gasteiger partial charge in [0.15, 0.2) is 0 Å². The summed E-state index contributed by atoms with van der Waals surface area (Å²) in [4.78, 5) is 0. The van der Waals surface area contributed by atoms with Gasteiger partial charge in [-0.15, -0.1) is 0 Å². The molecular weight excluding hydrogens is 275 g/mol. The van der Waals surface area contributed by atoms with Crippen molar-refractivity contribution in [3.05, 3.63) is 70.8 Å². The lowest BCUT2D eigenvalue weighted by Crippen LogP contribution is -2.35. The lowest BCUT2D eigenvalue weighted by Gasteiger charge is -2.26. The summed E-state index contributed by atoms with van der Waals surface area (Å²) in [6.45, 7) is 3.81. The van der Waals surface area contributed by atoms with Crippen molar-refractivity contribution in [3.63, 3.8) is 0 Å². The van der Waals surface area contributed by atoms with E-state index in [-0.39, 0.29) is 0 Å². The van der Waals surface area contributed by atoms with E-state index in [9.17, 15) is 13.2 Å². The van der Waals surface area contributed by atoms with Gasteiger partial charge in [-0.2, -0.15) is 13.2 Å². The van der Waals surface area contributed by atoms with Crippen LogP contribution in [0.3, 0.4) is 0 Å². The van der Waals surface area contributed by atoms with Crippen LogP contribution in [0, 0.1) is 6.92 Å². The molecule has 0 aliphatic carbocycles. The molecule has 0 heterocycles. The summed E-state index contributed by atoms with van der Waals surface area (Å²) in [5, 5.41) is 0. The molecule has 0 aliphatic heterocycles. The molecular formula is C17H18F3N. The van der Waals surface area contributed by atoms with Gasteiger partial charge < -0.3 is 5.73 Å². The highest BCUT2D eigenvalue weighted by Gasteiger charge is 2.31. The Labute approximate surface area is 122 Å². The molecule has 4 heteroatoms. The maximum Gasteiger partial charge on any atom is 0.416 e. The first-order chi connectivity index (χ1) is 9.68. The topological polar surface area (TPSA) is 26.0 Å². The summed E-state index contributed by atoms with van der Waals surface area (Å²) in [6.07, 6.45) is -3.98. The number of hydrogen-bond acceptors (Lipinski definition) is 1. The maximum atomic E-state index is 12.7. The molecule has 2 N–H and O–H groups in total. The van der Waals surface area contributed by atoms with E-state index >= 15 is 0 Å². The predicted molar refractivity (Wildman–Crippen MR) is 77.9 cm³/mol. The molecule has 0 radical (unpaired) electrons. The molecule has 2 rings (SSSR count). The van der Waals surface area contributed by atoms with E-state index < -0.39 is 17.3 Å². The zero-order valence-electron chi connectivity index (χ0n) is 12.0. The Morgan fingerprint density at radius 2 is 1.57 bits per heavy atom. The minimum absolute atomic E-state index is 0.347. The zero-order valence-corrected chi connectivity index (χ0v) is 12.0. The molecule has 1 unspecified atom stereocenters. The fraction of sp³-hybridized carbons (Fsp3) is 0.294. The molecule has 0 amide bonds. The number of nitrogens with two attached hydrogens (primary N) is 1. The Balaban J connectivity index is 2.26. The van der Waals surface area contributed by atoms with E-state index in [1.165, 1.54) is 12.1 Å². The molecule has 0 bridgehead atoms. The van der Waals surface area contributed by atoms with Gasteiger partial charge in [0.25, 0.3) is 0 Å². The summed E-state index contributed by atoms with van der Waals surface area (Å²) in [7, 11) is 0. The molecule has 0 aromatic heterocycles. The number of benzene rings is 2. The third-order valence-corrected chi connectivity index (χ3v) is 3.54. The molecule has 0 spiro atoms. The first-order valence-electron chi connectivity index (χ1n) is 6.71. The largest absolute Gasteiger partial charge is 0.416 e. The van der Waals surface area contributed by atoms with Gasteiger partial charge in [-0.05, 0) is 37.5 Å². The van der Waals surface area contributed by atoms with Crippen molar-refractivity contribution >= 4 is 0 Å². The van der Waals surface area contributed by atoms with E-state index in [0.717, 1.165) is 17.2 Å². The van der Waals surface area contributed by atoms with Crippen LogP contribution in [0.25, 0.3) is 0 Å². The summed E-state index contributed by atoms with van der Waals surface area (Å²) in [5.74, 6) is 0. The summed E-state index contributed by atoms with van der Waals surface area (Å²) in [5.41, 5.74) is 7.55. The van der Waals surface area contributed by atoms with E-state index in [1.807, 2.05) is 38.1 Å². The number of alkyl halides is 3. The number of halogens is 3. The van der Waals surface area contributed by atoms with Gasteiger partial charge in [0.1, 0.15) is 0 Å². The van der Waals surface area contributed by atoms with Crippen LogP contribution in [-0.4, -0.2) is 0 Å². The van der Waals surface area contributed by atoms with E-state index in [4.69, 9.17) is 5.73 Å². The average molecular weight is 293 g/mol. The first kappa shape index (κ1) is 15.6. The maximum absolute atomic E-state index is 12.7. The second-order valence-electron chi connectivity index (χ2n) is 5.66. The Morgan fingerprint density at radius 3 is 2.14 bits per heavy atom. The lowest BCUT2D eigenvalue weighted by atomic mass is 9.86. The second kappa shape index (κ2) is 5.53. The predicted octanol–water partition coefficient (Wildman–Crippen LogP) is 4.43.